The topological polar surface area (TPSA) is 95.8 Å². The molecule has 0 radical (unpaired) electrons. The zero-order valence-electron chi connectivity index (χ0n) is 18.8. The van der Waals surface area contributed by atoms with E-state index in [1.165, 1.54) is 4.31 Å². The van der Waals surface area contributed by atoms with Gasteiger partial charge in [-0.15, -0.1) is 0 Å². The van der Waals surface area contributed by atoms with Gasteiger partial charge in [0, 0.05) is 26.2 Å². The molecule has 1 saturated heterocycles. The van der Waals surface area contributed by atoms with E-state index in [2.05, 4.69) is 10.5 Å². The van der Waals surface area contributed by atoms with E-state index in [4.69, 9.17) is 4.52 Å². The van der Waals surface area contributed by atoms with Gasteiger partial charge in [-0.1, -0.05) is 65.8 Å². The van der Waals surface area contributed by atoms with Crippen molar-refractivity contribution in [2.24, 2.45) is 0 Å². The van der Waals surface area contributed by atoms with Crippen molar-refractivity contribution in [2.75, 3.05) is 32.7 Å². The molecule has 4 rings (SSSR count). The van der Waals surface area contributed by atoms with Gasteiger partial charge in [-0.25, -0.2) is 8.42 Å². The summed E-state index contributed by atoms with van der Waals surface area (Å²) in [5.41, 5.74) is 2.50. The monoisotopic (exact) mass is 468 g/mol. The summed E-state index contributed by atoms with van der Waals surface area (Å²) in [6.45, 7) is 4.51. The SMILES string of the molecule is Cc1noc(C)c1S(=O)(=O)N1CCN(C(=O)CNC(c2ccccc2)c2ccccc2)CC1. The molecule has 0 unspecified atom stereocenters. The number of rotatable bonds is 7. The molecule has 33 heavy (non-hydrogen) atoms. The first-order valence-corrected chi connectivity index (χ1v) is 12.4. The number of nitrogens with zero attached hydrogens (tertiary/aromatic N) is 3. The van der Waals surface area contributed by atoms with E-state index >= 15 is 0 Å². The summed E-state index contributed by atoms with van der Waals surface area (Å²) in [7, 11) is -3.70. The maximum absolute atomic E-state index is 13.0. The summed E-state index contributed by atoms with van der Waals surface area (Å²) in [6.07, 6.45) is 0. The van der Waals surface area contributed by atoms with Crippen LogP contribution in [0.1, 0.15) is 28.6 Å². The van der Waals surface area contributed by atoms with Gasteiger partial charge in [-0.3, -0.25) is 10.1 Å². The van der Waals surface area contributed by atoms with E-state index in [0.29, 0.717) is 18.8 Å². The molecule has 174 valence electrons. The van der Waals surface area contributed by atoms with E-state index in [0.717, 1.165) is 11.1 Å². The smallest absolute Gasteiger partial charge is 0.248 e. The predicted octanol–water partition coefficient (Wildman–Crippen LogP) is 2.50. The van der Waals surface area contributed by atoms with Gasteiger partial charge in [-0.2, -0.15) is 4.31 Å². The number of aryl methyl sites for hydroxylation is 2. The van der Waals surface area contributed by atoms with Crippen molar-refractivity contribution in [3.05, 3.63) is 83.2 Å². The molecule has 1 aliphatic heterocycles. The highest BCUT2D eigenvalue weighted by atomic mass is 32.2. The molecule has 1 aliphatic rings. The second kappa shape index (κ2) is 9.86. The minimum absolute atomic E-state index is 0.0544. The zero-order chi connectivity index (χ0) is 23.4. The number of hydrogen-bond acceptors (Lipinski definition) is 6. The summed E-state index contributed by atoms with van der Waals surface area (Å²) in [6, 6.07) is 19.9. The van der Waals surface area contributed by atoms with Crippen LogP contribution in [0.25, 0.3) is 0 Å². The van der Waals surface area contributed by atoms with Gasteiger partial charge in [0.05, 0.1) is 12.6 Å². The summed E-state index contributed by atoms with van der Waals surface area (Å²) >= 11 is 0. The Bertz CT molecular complexity index is 1130. The van der Waals surface area contributed by atoms with E-state index < -0.39 is 10.0 Å². The highest BCUT2D eigenvalue weighted by Gasteiger charge is 2.34. The molecular formula is C24H28N4O4S. The van der Waals surface area contributed by atoms with Crippen molar-refractivity contribution in [3.8, 4) is 0 Å². The summed E-state index contributed by atoms with van der Waals surface area (Å²) < 4.78 is 32.4. The second-order valence-corrected chi connectivity index (χ2v) is 9.95. The Balaban J connectivity index is 1.39. The number of aromatic nitrogens is 1. The molecular weight excluding hydrogens is 440 g/mol. The minimum Gasteiger partial charge on any atom is -0.360 e. The summed E-state index contributed by atoms with van der Waals surface area (Å²) in [5, 5.41) is 7.14. The van der Waals surface area contributed by atoms with Crippen LogP contribution in [0.5, 0.6) is 0 Å². The van der Waals surface area contributed by atoms with Crippen molar-refractivity contribution < 1.29 is 17.7 Å². The van der Waals surface area contributed by atoms with Crippen LogP contribution in [-0.2, 0) is 14.8 Å². The number of carbonyl (C=O) groups excluding carboxylic acids is 1. The van der Waals surface area contributed by atoms with Crippen LogP contribution in [-0.4, -0.2) is 61.4 Å². The molecule has 3 aromatic rings. The van der Waals surface area contributed by atoms with Crippen molar-refractivity contribution in [1.82, 2.24) is 19.7 Å². The molecule has 0 saturated carbocycles. The van der Waals surface area contributed by atoms with Crippen LogP contribution in [0.4, 0.5) is 0 Å². The van der Waals surface area contributed by atoms with Gasteiger partial charge >= 0.3 is 0 Å². The fourth-order valence-corrected chi connectivity index (χ4v) is 5.88. The molecule has 1 amide bonds. The number of sulfonamides is 1. The molecule has 0 atom stereocenters. The Morgan fingerprint density at radius 3 is 2.00 bits per heavy atom. The summed E-state index contributed by atoms with van der Waals surface area (Å²) in [4.78, 5) is 14.8. The standard InChI is InChI=1S/C24H28N4O4S/c1-18-24(19(2)32-26-18)33(30,31)28-15-13-27(14-16-28)22(29)17-25-23(20-9-5-3-6-10-20)21-11-7-4-8-12-21/h3-12,23,25H,13-17H2,1-2H3. The number of amides is 1. The lowest BCUT2D eigenvalue weighted by Gasteiger charge is -2.34. The molecule has 2 heterocycles. The van der Waals surface area contributed by atoms with Crippen LogP contribution in [0, 0.1) is 13.8 Å². The third kappa shape index (κ3) is 5.00. The number of benzene rings is 2. The third-order valence-electron chi connectivity index (χ3n) is 5.88. The van der Waals surface area contributed by atoms with Crippen molar-refractivity contribution in [2.45, 2.75) is 24.8 Å². The quantitative estimate of drug-likeness (QED) is 0.573. The van der Waals surface area contributed by atoms with Crippen LogP contribution < -0.4 is 5.32 Å². The minimum atomic E-state index is -3.70. The average Bonchev–Trinajstić information content (AvgIpc) is 3.19. The first-order valence-electron chi connectivity index (χ1n) is 10.9. The normalized spacial score (nSPS) is 15.2. The van der Waals surface area contributed by atoms with Gasteiger partial charge in [0.15, 0.2) is 5.76 Å². The fraction of sp³-hybridized carbons (Fsp3) is 0.333. The maximum atomic E-state index is 13.0. The van der Waals surface area contributed by atoms with Crippen molar-refractivity contribution in [3.63, 3.8) is 0 Å². The summed E-state index contributed by atoms with van der Waals surface area (Å²) in [5.74, 6) is 0.226. The lowest BCUT2D eigenvalue weighted by Crippen LogP contribution is -2.52. The molecule has 0 spiro atoms. The Morgan fingerprint density at radius 1 is 0.970 bits per heavy atom. The van der Waals surface area contributed by atoms with Gasteiger partial charge in [0.1, 0.15) is 10.6 Å². The van der Waals surface area contributed by atoms with Gasteiger partial charge < -0.3 is 9.42 Å². The average molecular weight is 469 g/mol. The van der Waals surface area contributed by atoms with Crippen LogP contribution >= 0.6 is 0 Å². The van der Waals surface area contributed by atoms with E-state index in [-0.39, 0.29) is 42.2 Å². The number of hydrogen-bond donors (Lipinski definition) is 1. The molecule has 0 aliphatic carbocycles. The number of nitrogens with one attached hydrogen (secondary N) is 1. The van der Waals surface area contributed by atoms with Gasteiger partial charge in [0.2, 0.25) is 15.9 Å². The number of piperazine rings is 1. The highest BCUT2D eigenvalue weighted by Crippen LogP contribution is 2.25. The third-order valence-corrected chi connectivity index (χ3v) is 8.02. The lowest BCUT2D eigenvalue weighted by atomic mass is 9.99. The molecule has 0 bridgehead atoms. The Hall–Kier alpha value is -3.01. The molecule has 1 fully saturated rings. The first-order chi connectivity index (χ1) is 15.9. The van der Waals surface area contributed by atoms with Crippen LogP contribution in [0.2, 0.25) is 0 Å². The molecule has 1 aromatic heterocycles. The Kier molecular flexibility index (Phi) is 6.92. The largest absolute Gasteiger partial charge is 0.360 e. The molecule has 2 aromatic carbocycles. The lowest BCUT2D eigenvalue weighted by molar-refractivity contribution is -0.131. The van der Waals surface area contributed by atoms with E-state index in [9.17, 15) is 13.2 Å². The predicted molar refractivity (Wildman–Crippen MR) is 124 cm³/mol. The molecule has 8 nitrogen and oxygen atoms in total. The molecule has 1 N–H and O–H groups in total. The molecule has 9 heteroatoms. The van der Waals surface area contributed by atoms with Crippen molar-refractivity contribution >= 4 is 15.9 Å². The fourth-order valence-electron chi connectivity index (χ4n) is 4.17. The Labute approximate surface area is 194 Å². The Morgan fingerprint density at radius 2 is 1.52 bits per heavy atom. The number of carbonyl (C=O) groups is 1. The second-order valence-electron chi connectivity index (χ2n) is 8.07. The zero-order valence-corrected chi connectivity index (χ0v) is 19.6. The van der Waals surface area contributed by atoms with Gasteiger partial charge in [0.25, 0.3) is 0 Å². The highest BCUT2D eigenvalue weighted by molar-refractivity contribution is 7.89. The first kappa shape index (κ1) is 23.2. The van der Waals surface area contributed by atoms with E-state index in [1.54, 1.807) is 18.7 Å². The van der Waals surface area contributed by atoms with Crippen molar-refractivity contribution in [1.29, 1.82) is 0 Å². The van der Waals surface area contributed by atoms with Gasteiger partial charge in [-0.05, 0) is 25.0 Å². The van der Waals surface area contributed by atoms with Crippen LogP contribution in [0.3, 0.4) is 0 Å². The van der Waals surface area contributed by atoms with Crippen LogP contribution in [0.15, 0.2) is 70.1 Å². The maximum Gasteiger partial charge on any atom is 0.248 e. The van der Waals surface area contributed by atoms with E-state index in [1.807, 2.05) is 60.7 Å².